The highest BCUT2D eigenvalue weighted by Crippen LogP contribution is 2.31. The first kappa shape index (κ1) is 14.4. The molecule has 0 saturated heterocycles. The number of nitrogens with zero attached hydrogens (tertiary/aromatic N) is 3. The van der Waals surface area contributed by atoms with Gasteiger partial charge < -0.3 is 10.3 Å². The Kier molecular flexibility index (Phi) is 3.31. The minimum atomic E-state index is -0.541. The molecule has 3 aromatic rings. The Hall–Kier alpha value is -2.50. The number of fused-ring (bicyclic) bond motifs is 1. The van der Waals surface area contributed by atoms with Crippen LogP contribution in [-0.4, -0.2) is 14.5 Å². The Labute approximate surface area is 126 Å². The fourth-order valence-corrected chi connectivity index (χ4v) is 2.75. The van der Waals surface area contributed by atoms with Crippen LogP contribution in [-0.2, 0) is 0 Å². The van der Waals surface area contributed by atoms with Crippen molar-refractivity contribution in [3.63, 3.8) is 0 Å². The lowest BCUT2D eigenvalue weighted by atomic mass is 10.1. The summed E-state index contributed by atoms with van der Waals surface area (Å²) in [6.07, 6.45) is 1.04. The van der Waals surface area contributed by atoms with Gasteiger partial charge in [-0.15, -0.1) is 0 Å². The van der Waals surface area contributed by atoms with Gasteiger partial charge in [-0.1, -0.05) is 0 Å². The third kappa shape index (κ3) is 2.20. The zero-order valence-electron chi connectivity index (χ0n) is 12.6. The summed E-state index contributed by atoms with van der Waals surface area (Å²) in [7, 11) is 0. The SMILES string of the molecule is Cc1nc2c(F)cc(-c3cc(N)ncc3F)cc2n1C(C)C. The Morgan fingerprint density at radius 2 is 1.86 bits per heavy atom. The zero-order chi connectivity index (χ0) is 16.0. The highest BCUT2D eigenvalue weighted by Gasteiger charge is 2.17. The molecule has 2 N–H and O–H groups in total. The van der Waals surface area contributed by atoms with E-state index in [1.54, 1.807) is 6.07 Å². The highest BCUT2D eigenvalue weighted by atomic mass is 19.1. The number of halogens is 2. The van der Waals surface area contributed by atoms with Gasteiger partial charge in [0.25, 0.3) is 0 Å². The Morgan fingerprint density at radius 3 is 2.55 bits per heavy atom. The van der Waals surface area contributed by atoms with Gasteiger partial charge in [0.1, 0.15) is 23.0 Å². The van der Waals surface area contributed by atoms with Crippen molar-refractivity contribution in [2.75, 3.05) is 5.73 Å². The first-order valence-corrected chi connectivity index (χ1v) is 6.98. The van der Waals surface area contributed by atoms with Crippen LogP contribution in [0.2, 0.25) is 0 Å². The molecule has 2 aromatic heterocycles. The van der Waals surface area contributed by atoms with Gasteiger partial charge in [-0.05, 0) is 44.5 Å². The molecule has 22 heavy (non-hydrogen) atoms. The van der Waals surface area contributed by atoms with Crippen LogP contribution in [0.25, 0.3) is 22.2 Å². The van der Waals surface area contributed by atoms with Crippen LogP contribution < -0.4 is 5.73 Å². The number of anilines is 1. The highest BCUT2D eigenvalue weighted by molar-refractivity contribution is 5.84. The smallest absolute Gasteiger partial charge is 0.151 e. The minimum absolute atomic E-state index is 0.118. The molecule has 0 bridgehead atoms. The molecule has 0 atom stereocenters. The first-order valence-electron chi connectivity index (χ1n) is 6.98. The van der Waals surface area contributed by atoms with Crippen molar-refractivity contribution in [2.24, 2.45) is 0 Å². The van der Waals surface area contributed by atoms with E-state index in [9.17, 15) is 8.78 Å². The second-order valence-corrected chi connectivity index (χ2v) is 5.54. The molecule has 114 valence electrons. The third-order valence-electron chi connectivity index (χ3n) is 3.63. The summed E-state index contributed by atoms with van der Waals surface area (Å²) < 4.78 is 30.3. The lowest BCUT2D eigenvalue weighted by molar-refractivity contribution is 0.600. The Morgan fingerprint density at radius 1 is 1.14 bits per heavy atom. The Balaban J connectivity index is 2.32. The van der Waals surface area contributed by atoms with Crippen LogP contribution in [0.3, 0.4) is 0 Å². The van der Waals surface area contributed by atoms with Gasteiger partial charge in [0.05, 0.1) is 11.7 Å². The topological polar surface area (TPSA) is 56.7 Å². The van der Waals surface area contributed by atoms with Gasteiger partial charge in [0.2, 0.25) is 0 Å². The maximum Gasteiger partial charge on any atom is 0.151 e. The van der Waals surface area contributed by atoms with Crippen LogP contribution in [0.15, 0.2) is 24.4 Å². The molecule has 0 spiro atoms. The van der Waals surface area contributed by atoms with E-state index in [1.807, 2.05) is 25.3 Å². The number of benzene rings is 1. The molecule has 0 saturated carbocycles. The molecule has 0 fully saturated rings. The van der Waals surface area contributed by atoms with Gasteiger partial charge in [-0.25, -0.2) is 18.7 Å². The van der Waals surface area contributed by atoms with Gasteiger partial charge >= 0.3 is 0 Å². The van der Waals surface area contributed by atoms with E-state index in [2.05, 4.69) is 9.97 Å². The predicted molar refractivity (Wildman–Crippen MR) is 82.4 cm³/mol. The van der Waals surface area contributed by atoms with Crippen molar-refractivity contribution < 1.29 is 8.78 Å². The molecular weight excluding hydrogens is 286 g/mol. The fourth-order valence-electron chi connectivity index (χ4n) is 2.75. The molecule has 1 aromatic carbocycles. The number of hydrogen-bond donors (Lipinski definition) is 1. The lowest BCUT2D eigenvalue weighted by Gasteiger charge is -2.12. The molecular formula is C16H16F2N4. The maximum absolute atomic E-state index is 14.4. The fraction of sp³-hybridized carbons (Fsp3) is 0.250. The van der Waals surface area contributed by atoms with E-state index in [0.29, 0.717) is 11.1 Å². The number of pyridine rings is 1. The molecule has 0 amide bonds. The lowest BCUT2D eigenvalue weighted by Crippen LogP contribution is -2.03. The van der Waals surface area contributed by atoms with Crippen molar-refractivity contribution in [2.45, 2.75) is 26.8 Å². The molecule has 0 radical (unpaired) electrons. The quantitative estimate of drug-likeness (QED) is 0.782. The second-order valence-electron chi connectivity index (χ2n) is 5.54. The van der Waals surface area contributed by atoms with Gasteiger partial charge in [0.15, 0.2) is 5.82 Å². The van der Waals surface area contributed by atoms with Crippen molar-refractivity contribution in [3.8, 4) is 11.1 Å². The van der Waals surface area contributed by atoms with Crippen LogP contribution in [0.4, 0.5) is 14.6 Å². The number of hydrogen-bond acceptors (Lipinski definition) is 3. The zero-order valence-corrected chi connectivity index (χ0v) is 12.6. The summed E-state index contributed by atoms with van der Waals surface area (Å²) in [6, 6.07) is 4.53. The predicted octanol–water partition coefficient (Wildman–Crippen LogP) is 3.85. The number of nitrogens with two attached hydrogens (primary N) is 1. The standard InChI is InChI=1S/C16H16F2N4/c1-8(2)22-9(3)21-16-12(17)4-10(5-14(16)22)11-6-15(19)20-7-13(11)18/h4-8H,1-3H3,(H2,19,20). The largest absolute Gasteiger partial charge is 0.384 e. The van der Waals surface area contributed by atoms with E-state index < -0.39 is 11.6 Å². The van der Waals surface area contributed by atoms with Crippen LogP contribution in [0, 0.1) is 18.6 Å². The number of aromatic nitrogens is 3. The summed E-state index contributed by atoms with van der Waals surface area (Å²) >= 11 is 0. The van der Waals surface area contributed by atoms with Gasteiger partial charge in [-0.2, -0.15) is 0 Å². The summed E-state index contributed by atoms with van der Waals surface area (Å²) in [6.45, 7) is 5.80. The summed E-state index contributed by atoms with van der Waals surface area (Å²) in [4.78, 5) is 7.96. The maximum atomic E-state index is 14.4. The van der Waals surface area contributed by atoms with Crippen LogP contribution in [0.5, 0.6) is 0 Å². The third-order valence-corrected chi connectivity index (χ3v) is 3.63. The molecule has 0 aliphatic carbocycles. The normalized spacial score (nSPS) is 11.5. The van der Waals surface area contributed by atoms with Crippen molar-refractivity contribution in [1.29, 1.82) is 0 Å². The second kappa shape index (κ2) is 5.05. The van der Waals surface area contributed by atoms with E-state index in [1.165, 1.54) is 12.1 Å². The average molecular weight is 302 g/mol. The summed E-state index contributed by atoms with van der Waals surface area (Å²) in [5, 5.41) is 0. The van der Waals surface area contributed by atoms with E-state index in [-0.39, 0.29) is 22.9 Å². The summed E-state index contributed by atoms with van der Waals surface area (Å²) in [5.74, 6) is -0.119. The average Bonchev–Trinajstić information content (AvgIpc) is 2.78. The molecule has 3 rings (SSSR count). The molecule has 4 nitrogen and oxygen atoms in total. The van der Waals surface area contributed by atoms with E-state index in [0.717, 1.165) is 12.0 Å². The van der Waals surface area contributed by atoms with Crippen molar-refractivity contribution >= 4 is 16.9 Å². The van der Waals surface area contributed by atoms with Gasteiger partial charge in [0, 0.05) is 11.6 Å². The van der Waals surface area contributed by atoms with Gasteiger partial charge in [-0.3, -0.25) is 0 Å². The number of imidazole rings is 1. The Bertz CT molecular complexity index is 868. The molecule has 0 aliphatic heterocycles. The van der Waals surface area contributed by atoms with Crippen molar-refractivity contribution in [1.82, 2.24) is 14.5 Å². The molecule has 2 heterocycles. The van der Waals surface area contributed by atoms with Crippen molar-refractivity contribution in [3.05, 3.63) is 41.9 Å². The van der Waals surface area contributed by atoms with Crippen LogP contribution in [0.1, 0.15) is 25.7 Å². The van der Waals surface area contributed by atoms with E-state index >= 15 is 0 Å². The monoisotopic (exact) mass is 302 g/mol. The number of rotatable bonds is 2. The molecule has 0 aliphatic rings. The minimum Gasteiger partial charge on any atom is -0.384 e. The first-order chi connectivity index (χ1) is 10.4. The number of nitrogen functional groups attached to an aromatic ring is 1. The van der Waals surface area contributed by atoms with E-state index in [4.69, 9.17) is 5.73 Å². The summed E-state index contributed by atoms with van der Waals surface area (Å²) in [5.41, 5.74) is 7.17. The van der Waals surface area contributed by atoms with Crippen LogP contribution >= 0.6 is 0 Å². The molecule has 6 heteroatoms. The number of aryl methyl sites for hydroxylation is 1. The molecule has 0 unspecified atom stereocenters.